The predicted molar refractivity (Wildman–Crippen MR) is 97.9 cm³/mol. The number of rotatable bonds is 5. The zero-order chi connectivity index (χ0) is 18.6. The topological polar surface area (TPSA) is 55.8 Å². The summed E-state index contributed by atoms with van der Waals surface area (Å²) in [5.74, 6) is 0.392. The number of esters is 1. The van der Waals surface area contributed by atoms with E-state index in [2.05, 4.69) is 20.8 Å². The SMILES string of the molecule is COc1ccc(C(=O)OC(C)c2ccc(CO)cc2)cc1C(C)(C)C. The van der Waals surface area contributed by atoms with Crippen molar-refractivity contribution in [3.8, 4) is 5.75 Å². The maximum absolute atomic E-state index is 12.5. The van der Waals surface area contributed by atoms with Gasteiger partial charge in [0.2, 0.25) is 0 Å². The Morgan fingerprint density at radius 1 is 1.12 bits per heavy atom. The van der Waals surface area contributed by atoms with E-state index in [0.29, 0.717) is 5.56 Å². The largest absolute Gasteiger partial charge is 0.496 e. The van der Waals surface area contributed by atoms with E-state index < -0.39 is 0 Å². The first kappa shape index (κ1) is 19.0. The molecular formula is C21H26O4. The third-order valence-electron chi connectivity index (χ3n) is 4.16. The van der Waals surface area contributed by atoms with Gasteiger partial charge in [0.05, 0.1) is 19.3 Å². The number of benzene rings is 2. The van der Waals surface area contributed by atoms with Crippen LogP contribution in [0.5, 0.6) is 5.75 Å². The molecule has 0 amide bonds. The molecule has 0 spiro atoms. The summed E-state index contributed by atoms with van der Waals surface area (Å²) >= 11 is 0. The summed E-state index contributed by atoms with van der Waals surface area (Å²) in [6, 6.07) is 12.7. The molecule has 0 heterocycles. The number of hydrogen-bond acceptors (Lipinski definition) is 4. The summed E-state index contributed by atoms with van der Waals surface area (Å²) < 4.78 is 11.0. The van der Waals surface area contributed by atoms with E-state index >= 15 is 0 Å². The first-order valence-corrected chi connectivity index (χ1v) is 8.35. The summed E-state index contributed by atoms with van der Waals surface area (Å²) in [5.41, 5.74) is 3.03. The summed E-state index contributed by atoms with van der Waals surface area (Å²) in [6.07, 6.45) is -0.375. The summed E-state index contributed by atoms with van der Waals surface area (Å²) in [7, 11) is 1.63. The normalized spacial score (nSPS) is 12.6. The average Bonchev–Trinajstić information content (AvgIpc) is 2.60. The van der Waals surface area contributed by atoms with Gasteiger partial charge >= 0.3 is 5.97 Å². The van der Waals surface area contributed by atoms with Gasteiger partial charge < -0.3 is 14.6 Å². The number of aliphatic hydroxyl groups excluding tert-OH is 1. The molecule has 4 nitrogen and oxygen atoms in total. The maximum atomic E-state index is 12.5. The van der Waals surface area contributed by atoms with Crippen molar-refractivity contribution < 1.29 is 19.4 Å². The predicted octanol–water partition coefficient (Wildman–Crippen LogP) is 4.40. The Morgan fingerprint density at radius 2 is 1.76 bits per heavy atom. The summed E-state index contributed by atoms with van der Waals surface area (Å²) in [6.45, 7) is 8.05. The number of hydrogen-bond donors (Lipinski definition) is 1. The standard InChI is InChI=1S/C21H26O4/c1-14(16-8-6-15(13-22)7-9-16)25-20(23)17-10-11-19(24-5)18(12-17)21(2,3)4/h6-12,14,22H,13H2,1-5H3. The molecule has 0 saturated carbocycles. The summed E-state index contributed by atoms with van der Waals surface area (Å²) in [4.78, 5) is 12.5. The Morgan fingerprint density at radius 3 is 2.28 bits per heavy atom. The van der Waals surface area contributed by atoms with Crippen molar-refractivity contribution in [2.24, 2.45) is 0 Å². The van der Waals surface area contributed by atoms with Crippen molar-refractivity contribution in [1.29, 1.82) is 0 Å². The molecule has 0 bridgehead atoms. The van der Waals surface area contributed by atoms with Crippen molar-refractivity contribution in [2.45, 2.75) is 45.8 Å². The van der Waals surface area contributed by atoms with Gasteiger partial charge in [-0.3, -0.25) is 0 Å². The molecule has 2 rings (SSSR count). The van der Waals surface area contributed by atoms with Crippen LogP contribution in [0.25, 0.3) is 0 Å². The van der Waals surface area contributed by atoms with E-state index in [1.165, 1.54) is 0 Å². The van der Waals surface area contributed by atoms with Crippen LogP contribution in [0.3, 0.4) is 0 Å². The van der Waals surface area contributed by atoms with Gasteiger partial charge in [-0.15, -0.1) is 0 Å². The molecule has 1 atom stereocenters. The molecular weight excluding hydrogens is 316 g/mol. The van der Waals surface area contributed by atoms with Crippen LogP contribution in [-0.4, -0.2) is 18.2 Å². The first-order chi connectivity index (χ1) is 11.8. The van der Waals surface area contributed by atoms with Gasteiger partial charge in [-0.1, -0.05) is 45.0 Å². The van der Waals surface area contributed by atoms with Gasteiger partial charge in [-0.2, -0.15) is 0 Å². The number of carbonyl (C=O) groups excluding carboxylic acids is 1. The van der Waals surface area contributed by atoms with Crippen LogP contribution < -0.4 is 4.74 Å². The highest BCUT2D eigenvalue weighted by molar-refractivity contribution is 5.90. The number of ether oxygens (including phenoxy) is 2. The van der Waals surface area contributed by atoms with E-state index in [0.717, 1.165) is 22.4 Å². The van der Waals surface area contributed by atoms with Gasteiger partial charge in [-0.05, 0) is 41.7 Å². The van der Waals surface area contributed by atoms with E-state index in [-0.39, 0.29) is 24.1 Å². The molecule has 0 aromatic heterocycles. The molecule has 0 aliphatic carbocycles. The number of carbonyl (C=O) groups is 1. The molecule has 1 N–H and O–H groups in total. The monoisotopic (exact) mass is 342 g/mol. The quantitative estimate of drug-likeness (QED) is 0.818. The van der Waals surface area contributed by atoms with Gasteiger partial charge in [-0.25, -0.2) is 4.79 Å². The molecule has 2 aromatic carbocycles. The third kappa shape index (κ3) is 4.60. The van der Waals surface area contributed by atoms with Gasteiger partial charge in [0.15, 0.2) is 0 Å². The molecule has 0 aliphatic heterocycles. The van der Waals surface area contributed by atoms with Crippen LogP contribution in [0, 0.1) is 0 Å². The Kier molecular flexibility index (Phi) is 5.85. The fourth-order valence-corrected chi connectivity index (χ4v) is 2.61. The van der Waals surface area contributed by atoms with Crippen molar-refractivity contribution in [1.82, 2.24) is 0 Å². The Balaban J connectivity index is 2.19. The zero-order valence-electron chi connectivity index (χ0n) is 15.5. The molecule has 0 fully saturated rings. The molecule has 0 radical (unpaired) electrons. The molecule has 0 saturated heterocycles. The second-order valence-corrected chi connectivity index (χ2v) is 7.11. The Labute approximate surface area is 149 Å². The Hall–Kier alpha value is -2.33. The lowest BCUT2D eigenvalue weighted by atomic mass is 9.85. The van der Waals surface area contributed by atoms with Crippen LogP contribution in [0.2, 0.25) is 0 Å². The number of aliphatic hydroxyl groups is 1. The fraction of sp³-hybridized carbons (Fsp3) is 0.381. The van der Waals surface area contributed by atoms with E-state index in [1.807, 2.05) is 37.3 Å². The van der Waals surface area contributed by atoms with Crippen molar-refractivity contribution in [2.75, 3.05) is 7.11 Å². The van der Waals surface area contributed by atoms with Crippen LogP contribution in [0.15, 0.2) is 42.5 Å². The lowest BCUT2D eigenvalue weighted by molar-refractivity contribution is 0.0337. The molecule has 25 heavy (non-hydrogen) atoms. The highest BCUT2D eigenvalue weighted by Gasteiger charge is 2.22. The third-order valence-corrected chi connectivity index (χ3v) is 4.16. The molecule has 134 valence electrons. The smallest absolute Gasteiger partial charge is 0.338 e. The Bertz CT molecular complexity index is 727. The zero-order valence-corrected chi connectivity index (χ0v) is 15.5. The van der Waals surface area contributed by atoms with E-state index in [4.69, 9.17) is 14.6 Å². The van der Waals surface area contributed by atoms with E-state index in [1.54, 1.807) is 19.2 Å². The van der Waals surface area contributed by atoms with E-state index in [9.17, 15) is 4.79 Å². The van der Waals surface area contributed by atoms with Crippen LogP contribution in [0.4, 0.5) is 0 Å². The highest BCUT2D eigenvalue weighted by Crippen LogP contribution is 2.32. The molecule has 0 aliphatic rings. The van der Waals surface area contributed by atoms with Crippen molar-refractivity contribution in [3.05, 3.63) is 64.7 Å². The molecule has 2 aromatic rings. The van der Waals surface area contributed by atoms with Gasteiger partial charge in [0.1, 0.15) is 11.9 Å². The molecule has 4 heteroatoms. The maximum Gasteiger partial charge on any atom is 0.338 e. The second kappa shape index (κ2) is 7.70. The van der Waals surface area contributed by atoms with Gasteiger partial charge in [0.25, 0.3) is 0 Å². The average molecular weight is 342 g/mol. The van der Waals surface area contributed by atoms with Crippen molar-refractivity contribution >= 4 is 5.97 Å². The van der Waals surface area contributed by atoms with Crippen LogP contribution >= 0.6 is 0 Å². The minimum Gasteiger partial charge on any atom is -0.496 e. The lowest BCUT2D eigenvalue weighted by Crippen LogP contribution is -2.15. The van der Waals surface area contributed by atoms with Crippen LogP contribution in [-0.2, 0) is 16.8 Å². The minimum atomic E-state index is -0.375. The molecule has 1 unspecified atom stereocenters. The van der Waals surface area contributed by atoms with Gasteiger partial charge in [0, 0.05) is 5.56 Å². The minimum absolute atomic E-state index is 0.00409. The summed E-state index contributed by atoms with van der Waals surface area (Å²) in [5, 5.41) is 9.10. The second-order valence-electron chi connectivity index (χ2n) is 7.11. The number of methoxy groups -OCH3 is 1. The fourth-order valence-electron chi connectivity index (χ4n) is 2.61. The highest BCUT2D eigenvalue weighted by atomic mass is 16.5. The lowest BCUT2D eigenvalue weighted by Gasteiger charge is -2.23. The first-order valence-electron chi connectivity index (χ1n) is 8.35. The van der Waals surface area contributed by atoms with Crippen LogP contribution in [0.1, 0.15) is 60.8 Å². The van der Waals surface area contributed by atoms with Crippen molar-refractivity contribution in [3.63, 3.8) is 0 Å².